The average molecular weight is 272 g/mol. The van der Waals surface area contributed by atoms with E-state index in [-0.39, 0.29) is 0 Å². The molecule has 1 aliphatic heterocycles. The van der Waals surface area contributed by atoms with E-state index in [1.807, 2.05) is 12.1 Å². The van der Waals surface area contributed by atoms with Crippen molar-refractivity contribution in [2.75, 3.05) is 13.2 Å². The summed E-state index contributed by atoms with van der Waals surface area (Å²) in [6.45, 7) is 1.16. The van der Waals surface area contributed by atoms with Gasteiger partial charge in [0.15, 0.2) is 11.5 Å². The normalized spacial score (nSPS) is 13.5. The molecule has 1 aromatic carbocycles. The smallest absolute Gasteiger partial charge is 0.162 e. The second-order valence-corrected chi connectivity index (χ2v) is 4.84. The standard InChI is InChI=1S/C12H14ClNO2S/c13-9-7-11-10(15-4-5-16-11)6-8(9)2-1-3-12(14)17/h6-7H,1-5H2,(H2,14,17). The molecule has 0 bridgehead atoms. The van der Waals surface area contributed by atoms with E-state index in [0.29, 0.717) is 23.2 Å². The van der Waals surface area contributed by atoms with Crippen molar-refractivity contribution in [3.8, 4) is 11.5 Å². The van der Waals surface area contributed by atoms with Crippen molar-refractivity contribution in [2.45, 2.75) is 19.3 Å². The number of benzene rings is 1. The van der Waals surface area contributed by atoms with Gasteiger partial charge in [0, 0.05) is 11.1 Å². The van der Waals surface area contributed by atoms with Gasteiger partial charge >= 0.3 is 0 Å². The Morgan fingerprint density at radius 1 is 1.29 bits per heavy atom. The molecule has 2 N–H and O–H groups in total. The Hall–Kier alpha value is -1.00. The molecule has 1 heterocycles. The second kappa shape index (κ2) is 5.56. The highest BCUT2D eigenvalue weighted by Gasteiger charge is 2.14. The minimum absolute atomic E-state index is 0.540. The molecular formula is C12H14ClNO2S. The number of aryl methyl sites for hydroxylation is 1. The van der Waals surface area contributed by atoms with Gasteiger partial charge in [0.1, 0.15) is 13.2 Å². The first-order valence-corrected chi connectivity index (χ1v) is 6.32. The lowest BCUT2D eigenvalue weighted by Crippen LogP contribution is -2.15. The Labute approximate surface area is 111 Å². The van der Waals surface area contributed by atoms with Crippen LogP contribution in [0.15, 0.2) is 12.1 Å². The molecule has 0 aromatic heterocycles. The fourth-order valence-corrected chi connectivity index (χ4v) is 2.14. The molecule has 3 nitrogen and oxygen atoms in total. The number of hydrogen-bond donors (Lipinski definition) is 1. The van der Waals surface area contributed by atoms with Crippen LogP contribution in [0.2, 0.25) is 5.02 Å². The first kappa shape index (κ1) is 12.5. The molecule has 0 spiro atoms. The third-order valence-corrected chi connectivity index (χ3v) is 3.14. The predicted molar refractivity (Wildman–Crippen MR) is 72.2 cm³/mol. The lowest BCUT2D eigenvalue weighted by molar-refractivity contribution is 0.171. The van der Waals surface area contributed by atoms with Crippen molar-refractivity contribution in [2.24, 2.45) is 5.73 Å². The molecule has 0 unspecified atom stereocenters. The minimum Gasteiger partial charge on any atom is -0.486 e. The molecule has 0 aliphatic carbocycles. The Balaban J connectivity index is 2.09. The Bertz CT molecular complexity index is 437. The van der Waals surface area contributed by atoms with Crippen LogP contribution in [0.25, 0.3) is 0 Å². The monoisotopic (exact) mass is 271 g/mol. The largest absolute Gasteiger partial charge is 0.486 e. The maximum Gasteiger partial charge on any atom is 0.162 e. The summed E-state index contributed by atoms with van der Waals surface area (Å²) >= 11 is 11.0. The molecule has 0 amide bonds. The van der Waals surface area contributed by atoms with Crippen LogP contribution >= 0.6 is 23.8 Å². The summed E-state index contributed by atoms with van der Waals surface area (Å²) in [5.41, 5.74) is 6.51. The molecule has 5 heteroatoms. The van der Waals surface area contributed by atoms with Crippen molar-refractivity contribution in [3.05, 3.63) is 22.7 Å². The number of fused-ring (bicyclic) bond motifs is 1. The molecule has 92 valence electrons. The van der Waals surface area contributed by atoms with Crippen molar-refractivity contribution in [1.29, 1.82) is 0 Å². The molecule has 2 rings (SSSR count). The van der Waals surface area contributed by atoms with Gasteiger partial charge in [-0.1, -0.05) is 23.8 Å². The van der Waals surface area contributed by atoms with Gasteiger partial charge in [0.25, 0.3) is 0 Å². The zero-order valence-electron chi connectivity index (χ0n) is 9.37. The summed E-state index contributed by atoms with van der Waals surface area (Å²) in [6, 6.07) is 3.75. The van der Waals surface area contributed by atoms with E-state index in [9.17, 15) is 0 Å². The van der Waals surface area contributed by atoms with Crippen LogP contribution in [0.1, 0.15) is 18.4 Å². The van der Waals surface area contributed by atoms with Gasteiger partial charge in [0.05, 0.1) is 4.99 Å². The van der Waals surface area contributed by atoms with Crippen molar-refractivity contribution in [1.82, 2.24) is 0 Å². The number of hydrogen-bond acceptors (Lipinski definition) is 3. The topological polar surface area (TPSA) is 44.5 Å². The fourth-order valence-electron chi connectivity index (χ4n) is 1.75. The first-order chi connectivity index (χ1) is 8.16. The highest BCUT2D eigenvalue weighted by Crippen LogP contribution is 2.35. The molecule has 0 atom stereocenters. The molecule has 0 fully saturated rings. The average Bonchev–Trinajstić information content (AvgIpc) is 2.29. The molecule has 0 saturated carbocycles. The van der Waals surface area contributed by atoms with Crippen LogP contribution in [0, 0.1) is 0 Å². The number of halogens is 1. The maximum atomic E-state index is 6.18. The van der Waals surface area contributed by atoms with Crippen molar-refractivity contribution >= 4 is 28.8 Å². The summed E-state index contributed by atoms with van der Waals surface area (Å²) in [5.74, 6) is 1.49. The molecule has 1 aromatic rings. The van der Waals surface area contributed by atoms with Gasteiger partial charge in [-0.25, -0.2) is 0 Å². The van der Waals surface area contributed by atoms with Crippen LogP contribution in [-0.4, -0.2) is 18.2 Å². The Kier molecular flexibility index (Phi) is 4.07. The third-order valence-electron chi connectivity index (χ3n) is 2.58. The fraction of sp³-hybridized carbons (Fsp3) is 0.417. The number of ether oxygens (including phenoxy) is 2. The Morgan fingerprint density at radius 2 is 1.94 bits per heavy atom. The second-order valence-electron chi connectivity index (χ2n) is 3.91. The van der Waals surface area contributed by atoms with Gasteiger partial charge in [0.2, 0.25) is 0 Å². The molecule has 17 heavy (non-hydrogen) atoms. The van der Waals surface area contributed by atoms with Crippen LogP contribution in [0.3, 0.4) is 0 Å². The number of rotatable bonds is 4. The van der Waals surface area contributed by atoms with Gasteiger partial charge in [-0.15, -0.1) is 0 Å². The Morgan fingerprint density at radius 3 is 2.59 bits per heavy atom. The van der Waals surface area contributed by atoms with E-state index >= 15 is 0 Å². The van der Waals surface area contributed by atoms with Crippen LogP contribution in [0.5, 0.6) is 11.5 Å². The highest BCUT2D eigenvalue weighted by molar-refractivity contribution is 7.80. The van der Waals surface area contributed by atoms with E-state index in [1.165, 1.54) is 0 Å². The molecule has 0 saturated heterocycles. The third kappa shape index (κ3) is 3.23. The van der Waals surface area contributed by atoms with E-state index < -0.39 is 0 Å². The number of thiocarbonyl (C=S) groups is 1. The maximum absolute atomic E-state index is 6.18. The zero-order valence-corrected chi connectivity index (χ0v) is 10.9. The van der Waals surface area contributed by atoms with Crippen LogP contribution in [-0.2, 0) is 6.42 Å². The van der Waals surface area contributed by atoms with E-state index in [1.54, 1.807) is 0 Å². The van der Waals surface area contributed by atoms with Crippen molar-refractivity contribution < 1.29 is 9.47 Å². The highest BCUT2D eigenvalue weighted by atomic mass is 35.5. The van der Waals surface area contributed by atoms with Crippen molar-refractivity contribution in [3.63, 3.8) is 0 Å². The summed E-state index contributed by atoms with van der Waals surface area (Å²) in [6.07, 6.45) is 2.47. The summed E-state index contributed by atoms with van der Waals surface area (Å²) in [5, 5.41) is 0.706. The van der Waals surface area contributed by atoms with Gasteiger partial charge in [-0.2, -0.15) is 0 Å². The van der Waals surface area contributed by atoms with Gasteiger partial charge < -0.3 is 15.2 Å². The zero-order chi connectivity index (χ0) is 12.3. The van der Waals surface area contributed by atoms with Crippen LogP contribution < -0.4 is 15.2 Å². The predicted octanol–water partition coefficient (Wildman–Crippen LogP) is 2.72. The summed E-state index contributed by atoms with van der Waals surface area (Å²) in [7, 11) is 0. The lowest BCUT2D eigenvalue weighted by atomic mass is 10.1. The van der Waals surface area contributed by atoms with E-state index in [4.69, 9.17) is 39.0 Å². The van der Waals surface area contributed by atoms with E-state index in [2.05, 4.69) is 0 Å². The molecular weight excluding hydrogens is 258 g/mol. The van der Waals surface area contributed by atoms with Gasteiger partial charge in [-0.3, -0.25) is 0 Å². The number of nitrogens with two attached hydrogens (primary N) is 1. The minimum atomic E-state index is 0.540. The summed E-state index contributed by atoms with van der Waals surface area (Å²) < 4.78 is 11.0. The van der Waals surface area contributed by atoms with Gasteiger partial charge in [-0.05, 0) is 30.9 Å². The summed E-state index contributed by atoms with van der Waals surface area (Å²) in [4.78, 5) is 0.540. The quantitative estimate of drug-likeness (QED) is 0.856. The first-order valence-electron chi connectivity index (χ1n) is 5.53. The lowest BCUT2D eigenvalue weighted by Gasteiger charge is -2.19. The molecule has 1 aliphatic rings. The van der Waals surface area contributed by atoms with E-state index in [0.717, 1.165) is 36.3 Å². The SMILES string of the molecule is NC(=S)CCCc1cc2c(cc1Cl)OCCO2. The van der Waals surface area contributed by atoms with Crippen LogP contribution in [0.4, 0.5) is 0 Å². The molecule has 0 radical (unpaired) electrons.